The third-order valence-electron chi connectivity index (χ3n) is 5.76. The van der Waals surface area contributed by atoms with Crippen LogP contribution in [0.1, 0.15) is 30.4 Å². The minimum Gasteiger partial charge on any atom is -0.488 e. The molecular weight excluding hydrogens is 432 g/mol. The number of β-amino-alcohol motifs (C(OH)–C–C–N with tert-alkyl or cyclic N) is 1. The minimum absolute atomic E-state index is 0.266. The molecule has 4 N–H and O–H groups in total. The summed E-state index contributed by atoms with van der Waals surface area (Å²) >= 11 is 0. The van der Waals surface area contributed by atoms with E-state index in [-0.39, 0.29) is 12.1 Å². The Morgan fingerprint density at radius 3 is 2.79 bits per heavy atom. The number of ether oxygens (including phenoxy) is 1. The van der Waals surface area contributed by atoms with Crippen molar-refractivity contribution in [2.45, 2.75) is 39.3 Å². The highest BCUT2D eigenvalue weighted by Crippen LogP contribution is 2.22. The van der Waals surface area contributed by atoms with Crippen LogP contribution in [0, 0.1) is 13.8 Å². The number of nitrogens with zero attached hydrogens (tertiary/aromatic N) is 6. The number of nitrogens with two attached hydrogens (primary N) is 1. The molecule has 2 atom stereocenters. The average Bonchev–Trinajstić information content (AvgIpc) is 3.16. The van der Waals surface area contributed by atoms with Crippen molar-refractivity contribution in [3.63, 3.8) is 0 Å². The number of nitrogens with one attached hydrogen (secondary N) is 1. The van der Waals surface area contributed by atoms with Crippen molar-refractivity contribution in [2.75, 3.05) is 32.1 Å². The van der Waals surface area contributed by atoms with Gasteiger partial charge in [-0.3, -0.25) is 9.89 Å². The fraction of sp³-hybridized carbons (Fsp3) is 0.417. The van der Waals surface area contributed by atoms with Crippen LogP contribution in [0.25, 0.3) is 5.52 Å². The van der Waals surface area contributed by atoms with Crippen LogP contribution in [0.5, 0.6) is 0 Å². The first-order chi connectivity index (χ1) is 16.4. The van der Waals surface area contributed by atoms with Crippen molar-refractivity contribution >= 4 is 22.9 Å². The predicted octanol–water partition coefficient (Wildman–Crippen LogP) is 2.18. The number of pyridine rings is 1. The van der Waals surface area contributed by atoms with Crippen molar-refractivity contribution in [1.29, 1.82) is 0 Å². The fourth-order valence-electron chi connectivity index (χ4n) is 4.14. The maximum absolute atomic E-state index is 9.65. The third kappa shape index (κ3) is 5.35. The fourth-order valence-corrected chi connectivity index (χ4v) is 4.14. The van der Waals surface area contributed by atoms with Crippen molar-refractivity contribution in [1.82, 2.24) is 24.5 Å². The zero-order chi connectivity index (χ0) is 24.2. The van der Waals surface area contributed by atoms with Crippen molar-refractivity contribution in [3.05, 3.63) is 59.5 Å². The summed E-state index contributed by atoms with van der Waals surface area (Å²) in [7, 11) is 1.72. The normalized spacial score (nSPS) is 18.1. The first-order valence-electron chi connectivity index (χ1n) is 11.4. The van der Waals surface area contributed by atoms with Gasteiger partial charge in [0.15, 0.2) is 11.6 Å². The molecule has 10 nitrogen and oxygen atoms in total. The van der Waals surface area contributed by atoms with Crippen molar-refractivity contribution in [2.24, 2.45) is 10.7 Å². The molecule has 180 valence electrons. The lowest BCUT2D eigenvalue weighted by molar-refractivity contribution is 0.00267. The molecule has 0 amide bonds. The summed E-state index contributed by atoms with van der Waals surface area (Å²) in [6, 6.07) is 8.01. The Balaban J connectivity index is 1.48. The van der Waals surface area contributed by atoms with Crippen molar-refractivity contribution in [3.8, 4) is 0 Å². The van der Waals surface area contributed by atoms with Crippen molar-refractivity contribution < 1.29 is 9.84 Å². The monoisotopic (exact) mass is 464 g/mol. The summed E-state index contributed by atoms with van der Waals surface area (Å²) < 4.78 is 7.85. The molecule has 0 aliphatic carbocycles. The second kappa shape index (κ2) is 10.2. The largest absolute Gasteiger partial charge is 0.488 e. The molecule has 4 rings (SSSR count). The topological polar surface area (TPSA) is 126 Å². The number of aromatic nitrogens is 4. The van der Waals surface area contributed by atoms with Gasteiger partial charge in [-0.15, -0.1) is 0 Å². The van der Waals surface area contributed by atoms with Gasteiger partial charge in [0, 0.05) is 62.0 Å². The minimum atomic E-state index is -0.357. The Morgan fingerprint density at radius 2 is 2.15 bits per heavy atom. The van der Waals surface area contributed by atoms with E-state index in [9.17, 15) is 5.11 Å². The molecule has 0 unspecified atom stereocenters. The number of anilines is 2. The number of allylic oxidation sites excluding steroid dienone is 1. The molecular formula is C24H32N8O2. The smallest absolute Gasteiger partial charge is 0.160 e. The van der Waals surface area contributed by atoms with E-state index >= 15 is 0 Å². The molecule has 3 aromatic rings. The van der Waals surface area contributed by atoms with Gasteiger partial charge in [-0.25, -0.2) is 14.5 Å². The van der Waals surface area contributed by atoms with Gasteiger partial charge in [-0.2, -0.15) is 5.10 Å². The van der Waals surface area contributed by atoms with Crippen LogP contribution in [0.3, 0.4) is 0 Å². The summed E-state index contributed by atoms with van der Waals surface area (Å²) in [6.07, 6.45) is 4.01. The highest BCUT2D eigenvalue weighted by Gasteiger charge is 2.29. The standard InChI is InChI=1S/C24H32N8O2/c1-15-9-22(28-17(3)27-15)29-23-11-20-10-18(5-8-32(20)30-23)24(26-4)21(12-25)34-14-19-6-7-31(19)13-16(2)33/h5,8-12,16,19,33H,6-7,13-14,25H2,1-4H3,(H,27,28,29,30)/b21-12-,26-24?/t16-,19+/m0/s1. The predicted molar refractivity (Wildman–Crippen MR) is 132 cm³/mol. The molecule has 0 spiro atoms. The van der Waals surface area contributed by atoms with E-state index in [4.69, 9.17) is 10.5 Å². The number of aliphatic imine (C=N–C) groups is 1. The zero-order valence-electron chi connectivity index (χ0n) is 20.1. The SMILES string of the molecule is CN=C(/C(=C/N)OC[C@H]1CCN1C[C@H](C)O)c1ccn2nc(Nc3cc(C)nc(C)n3)cc2c1. The summed E-state index contributed by atoms with van der Waals surface area (Å²) in [5, 5.41) is 17.5. The van der Waals surface area contributed by atoms with E-state index in [2.05, 4.69) is 30.3 Å². The lowest BCUT2D eigenvalue weighted by Crippen LogP contribution is -2.52. The van der Waals surface area contributed by atoms with E-state index in [0.717, 1.165) is 29.7 Å². The molecule has 1 saturated heterocycles. The average molecular weight is 465 g/mol. The van der Waals surface area contributed by atoms with Gasteiger partial charge in [-0.1, -0.05) is 0 Å². The number of likely N-dealkylation sites (tertiary alicyclic amines) is 1. The van der Waals surface area contributed by atoms with Gasteiger partial charge >= 0.3 is 0 Å². The van der Waals surface area contributed by atoms with Gasteiger partial charge in [0.05, 0.1) is 11.6 Å². The number of aliphatic hydroxyl groups is 1. The Morgan fingerprint density at radius 1 is 1.32 bits per heavy atom. The van der Waals surface area contributed by atoms with Crippen LogP contribution in [-0.4, -0.2) is 74.2 Å². The summed E-state index contributed by atoms with van der Waals surface area (Å²) in [5.74, 6) is 2.61. The molecule has 3 aromatic heterocycles. The van der Waals surface area contributed by atoms with Crippen LogP contribution in [0.4, 0.5) is 11.6 Å². The highest BCUT2D eigenvalue weighted by molar-refractivity contribution is 6.11. The quantitative estimate of drug-likeness (QED) is 0.325. The van der Waals surface area contributed by atoms with Gasteiger partial charge in [0.2, 0.25) is 0 Å². The van der Waals surface area contributed by atoms with E-state index in [1.807, 2.05) is 44.3 Å². The number of fused-ring (bicyclic) bond motifs is 1. The Labute approximate surface area is 199 Å². The molecule has 10 heteroatoms. The molecule has 0 aromatic carbocycles. The Bertz CT molecular complexity index is 1200. The van der Waals surface area contributed by atoms with Crippen LogP contribution in [0.15, 0.2) is 47.4 Å². The van der Waals surface area contributed by atoms with Gasteiger partial charge < -0.3 is 20.9 Å². The Kier molecular flexibility index (Phi) is 7.09. The summed E-state index contributed by atoms with van der Waals surface area (Å²) in [6.45, 7) is 7.70. The number of hydrogen-bond donors (Lipinski definition) is 3. The Hall–Kier alpha value is -3.50. The summed E-state index contributed by atoms with van der Waals surface area (Å²) in [4.78, 5) is 15.4. The molecule has 1 aliphatic rings. The third-order valence-corrected chi connectivity index (χ3v) is 5.76. The van der Waals surface area contributed by atoms with Gasteiger partial charge in [0.1, 0.15) is 24.0 Å². The number of aryl methyl sites for hydroxylation is 2. The molecule has 1 aliphatic heterocycles. The highest BCUT2D eigenvalue weighted by atomic mass is 16.5. The molecule has 0 bridgehead atoms. The first kappa shape index (κ1) is 23.7. The molecule has 1 fully saturated rings. The summed E-state index contributed by atoms with van der Waals surface area (Å²) in [5.41, 5.74) is 9.24. The maximum Gasteiger partial charge on any atom is 0.160 e. The number of aliphatic hydroxyl groups excluding tert-OH is 1. The molecule has 34 heavy (non-hydrogen) atoms. The zero-order valence-corrected chi connectivity index (χ0v) is 20.1. The molecule has 0 saturated carbocycles. The van der Waals surface area contributed by atoms with Crippen LogP contribution < -0.4 is 11.1 Å². The van der Waals surface area contributed by atoms with Crippen LogP contribution >= 0.6 is 0 Å². The lowest BCUT2D eigenvalue weighted by Gasteiger charge is -2.41. The lowest BCUT2D eigenvalue weighted by atomic mass is 10.0. The maximum atomic E-state index is 9.65. The van der Waals surface area contributed by atoms with Gasteiger partial charge in [-0.05, 0) is 39.3 Å². The van der Waals surface area contributed by atoms with E-state index in [1.54, 1.807) is 18.5 Å². The van der Waals surface area contributed by atoms with E-state index < -0.39 is 0 Å². The van der Waals surface area contributed by atoms with Crippen LogP contribution in [-0.2, 0) is 4.74 Å². The van der Waals surface area contributed by atoms with Crippen LogP contribution in [0.2, 0.25) is 0 Å². The number of rotatable bonds is 9. The van der Waals surface area contributed by atoms with E-state index in [1.165, 1.54) is 6.20 Å². The number of hydrogen-bond acceptors (Lipinski definition) is 9. The molecule has 0 radical (unpaired) electrons. The second-order valence-electron chi connectivity index (χ2n) is 8.58. The van der Waals surface area contributed by atoms with Gasteiger partial charge in [0.25, 0.3) is 0 Å². The molecule has 4 heterocycles. The second-order valence-corrected chi connectivity index (χ2v) is 8.58. The first-order valence-corrected chi connectivity index (χ1v) is 11.4. The van der Waals surface area contributed by atoms with E-state index in [0.29, 0.717) is 42.1 Å².